The fraction of sp³-hybridized carbons (Fsp3) is 0.263. The summed E-state index contributed by atoms with van der Waals surface area (Å²) in [7, 11) is 0. The summed E-state index contributed by atoms with van der Waals surface area (Å²) in [6, 6.07) is 5.10. The molecule has 0 saturated carbocycles. The molecule has 0 fully saturated rings. The maximum absolute atomic E-state index is 14.1. The van der Waals surface area contributed by atoms with E-state index in [1.807, 2.05) is 0 Å². The summed E-state index contributed by atoms with van der Waals surface area (Å²) >= 11 is 0. The van der Waals surface area contributed by atoms with Gasteiger partial charge < -0.3 is 0 Å². The molecule has 0 atom stereocenters. The summed E-state index contributed by atoms with van der Waals surface area (Å²) in [6.07, 6.45) is 0.480. The molecule has 0 nitrogen and oxygen atoms in total. The van der Waals surface area contributed by atoms with E-state index in [-0.39, 0.29) is 36.0 Å². The van der Waals surface area contributed by atoms with Crippen LogP contribution in [0.15, 0.2) is 36.2 Å². The van der Waals surface area contributed by atoms with Gasteiger partial charge in [-0.15, -0.1) is 0 Å². The smallest absolute Gasteiger partial charge is 0.194 e. The summed E-state index contributed by atoms with van der Waals surface area (Å²) < 4.78 is 80.6. The predicted molar refractivity (Wildman–Crippen MR) is 84.2 cm³/mol. The van der Waals surface area contributed by atoms with Crippen LogP contribution in [0.4, 0.5) is 26.3 Å². The molecular weight excluding hydrogens is 342 g/mol. The average Bonchev–Trinajstić information content (AvgIpc) is 2.58. The first-order chi connectivity index (χ1) is 11.8. The Morgan fingerprint density at radius 1 is 0.840 bits per heavy atom. The molecule has 0 spiro atoms. The predicted octanol–water partition coefficient (Wildman–Crippen LogP) is 6.44. The highest BCUT2D eigenvalue weighted by Gasteiger charge is 2.13. The van der Waals surface area contributed by atoms with Crippen molar-refractivity contribution in [3.63, 3.8) is 0 Å². The number of hydrogen-bond acceptors (Lipinski definition) is 0. The van der Waals surface area contributed by atoms with Gasteiger partial charge in [-0.2, -0.15) is 0 Å². The first kappa shape index (κ1) is 19.1. The zero-order valence-electron chi connectivity index (χ0n) is 13.5. The van der Waals surface area contributed by atoms with Crippen LogP contribution >= 0.6 is 0 Å². The molecule has 0 radical (unpaired) electrons. The molecule has 6 heteroatoms. The van der Waals surface area contributed by atoms with Gasteiger partial charge in [0.15, 0.2) is 23.3 Å². The van der Waals surface area contributed by atoms with Crippen LogP contribution < -0.4 is 0 Å². The van der Waals surface area contributed by atoms with Crippen molar-refractivity contribution in [3.8, 4) is 0 Å². The van der Waals surface area contributed by atoms with Crippen molar-refractivity contribution in [1.82, 2.24) is 0 Å². The molecule has 134 valence electrons. The SMILES string of the molecule is CCC/C(F)=C(/F)c1ccc(CCc2cc(F)c(F)c(F)c2)c(F)c1. The van der Waals surface area contributed by atoms with Gasteiger partial charge in [-0.25, -0.2) is 26.3 Å². The zero-order valence-corrected chi connectivity index (χ0v) is 13.5. The van der Waals surface area contributed by atoms with E-state index in [9.17, 15) is 26.3 Å². The Labute approximate surface area is 141 Å². The molecule has 0 bridgehead atoms. The van der Waals surface area contributed by atoms with Crippen LogP contribution in [0, 0.1) is 23.3 Å². The topological polar surface area (TPSA) is 0 Å². The highest BCUT2D eigenvalue weighted by Crippen LogP contribution is 2.26. The zero-order chi connectivity index (χ0) is 18.6. The van der Waals surface area contributed by atoms with Gasteiger partial charge >= 0.3 is 0 Å². The van der Waals surface area contributed by atoms with E-state index in [1.54, 1.807) is 6.92 Å². The normalized spacial score (nSPS) is 12.3. The lowest BCUT2D eigenvalue weighted by atomic mass is 10.0. The third-order valence-electron chi connectivity index (χ3n) is 3.74. The van der Waals surface area contributed by atoms with Crippen molar-refractivity contribution in [3.05, 3.63) is 76.1 Å². The minimum absolute atomic E-state index is 0.0624. The number of hydrogen-bond donors (Lipinski definition) is 0. The average molecular weight is 358 g/mol. The lowest BCUT2D eigenvalue weighted by Gasteiger charge is -2.07. The van der Waals surface area contributed by atoms with Gasteiger partial charge in [-0.05, 0) is 48.6 Å². The maximum Gasteiger partial charge on any atom is 0.194 e. The van der Waals surface area contributed by atoms with Gasteiger partial charge in [-0.3, -0.25) is 0 Å². The number of allylic oxidation sites excluding steroid dienone is 1. The standard InChI is InChI=1S/C19H16F6/c1-2-3-14(20)18(24)13-7-6-12(15(21)10-13)5-4-11-8-16(22)19(25)17(23)9-11/h6-10H,2-5H2,1H3/b18-14-. The molecule has 0 aliphatic rings. The molecule has 2 aromatic carbocycles. The number of rotatable bonds is 6. The van der Waals surface area contributed by atoms with E-state index >= 15 is 0 Å². The van der Waals surface area contributed by atoms with Gasteiger partial charge in [0.2, 0.25) is 0 Å². The maximum atomic E-state index is 14.1. The Bertz CT molecular complexity index is 771. The monoisotopic (exact) mass is 358 g/mol. The quantitative estimate of drug-likeness (QED) is 0.412. The third-order valence-corrected chi connectivity index (χ3v) is 3.74. The Hall–Kier alpha value is -2.24. The molecule has 25 heavy (non-hydrogen) atoms. The Kier molecular flexibility index (Phi) is 6.28. The molecule has 0 N–H and O–H groups in total. The van der Waals surface area contributed by atoms with Crippen LogP contribution in [0.1, 0.15) is 36.5 Å². The van der Waals surface area contributed by atoms with E-state index in [1.165, 1.54) is 12.1 Å². The minimum atomic E-state index is -1.56. The molecule has 0 aliphatic carbocycles. The van der Waals surface area contributed by atoms with Crippen LogP contribution in [0.25, 0.3) is 5.83 Å². The first-order valence-electron chi connectivity index (χ1n) is 7.79. The van der Waals surface area contributed by atoms with Gasteiger partial charge in [-0.1, -0.05) is 19.1 Å². The molecular formula is C19H16F6. The van der Waals surface area contributed by atoms with Gasteiger partial charge in [0.05, 0.1) is 0 Å². The highest BCUT2D eigenvalue weighted by molar-refractivity contribution is 5.61. The summed E-state index contributed by atoms with van der Waals surface area (Å²) in [6.45, 7) is 1.69. The lowest BCUT2D eigenvalue weighted by Crippen LogP contribution is -1.99. The molecule has 0 aromatic heterocycles. The van der Waals surface area contributed by atoms with Crippen molar-refractivity contribution in [2.45, 2.75) is 32.6 Å². The first-order valence-corrected chi connectivity index (χ1v) is 7.79. The molecule has 2 rings (SSSR count). The molecule has 0 aliphatic heterocycles. The van der Waals surface area contributed by atoms with E-state index in [2.05, 4.69) is 0 Å². The van der Waals surface area contributed by atoms with E-state index in [4.69, 9.17) is 0 Å². The number of halogens is 6. The molecule has 2 aromatic rings. The molecule has 0 saturated heterocycles. The van der Waals surface area contributed by atoms with E-state index in [0.717, 1.165) is 18.2 Å². The second-order valence-corrected chi connectivity index (χ2v) is 5.65. The third kappa shape index (κ3) is 4.65. The van der Waals surface area contributed by atoms with E-state index < -0.39 is 34.9 Å². The molecule has 0 unspecified atom stereocenters. The van der Waals surface area contributed by atoms with Crippen LogP contribution in [0.2, 0.25) is 0 Å². The fourth-order valence-electron chi connectivity index (χ4n) is 2.40. The number of aryl methyl sites for hydroxylation is 2. The lowest BCUT2D eigenvalue weighted by molar-refractivity contribution is 0.445. The summed E-state index contributed by atoms with van der Waals surface area (Å²) in [5.74, 6) is -6.98. The van der Waals surface area contributed by atoms with Gasteiger partial charge in [0.25, 0.3) is 0 Å². The largest absolute Gasteiger partial charge is 0.209 e. The van der Waals surface area contributed by atoms with Crippen LogP contribution in [0.3, 0.4) is 0 Å². The van der Waals surface area contributed by atoms with Crippen molar-refractivity contribution < 1.29 is 26.3 Å². The van der Waals surface area contributed by atoms with Crippen LogP contribution in [-0.2, 0) is 12.8 Å². The summed E-state index contributed by atoms with van der Waals surface area (Å²) in [4.78, 5) is 0. The van der Waals surface area contributed by atoms with Gasteiger partial charge in [0.1, 0.15) is 11.6 Å². The highest BCUT2D eigenvalue weighted by atomic mass is 19.2. The Morgan fingerprint density at radius 2 is 1.48 bits per heavy atom. The number of benzene rings is 2. The second-order valence-electron chi connectivity index (χ2n) is 5.65. The van der Waals surface area contributed by atoms with Gasteiger partial charge in [0, 0.05) is 12.0 Å². The summed E-state index contributed by atoms with van der Waals surface area (Å²) in [5.41, 5.74) is 0.142. The fourth-order valence-corrected chi connectivity index (χ4v) is 2.40. The van der Waals surface area contributed by atoms with Crippen molar-refractivity contribution >= 4 is 5.83 Å². The van der Waals surface area contributed by atoms with E-state index in [0.29, 0.717) is 6.42 Å². The van der Waals surface area contributed by atoms with Crippen LogP contribution in [0.5, 0.6) is 0 Å². The minimum Gasteiger partial charge on any atom is -0.209 e. The molecule has 0 amide bonds. The van der Waals surface area contributed by atoms with Crippen LogP contribution in [-0.4, -0.2) is 0 Å². The van der Waals surface area contributed by atoms with Crippen molar-refractivity contribution in [2.24, 2.45) is 0 Å². The van der Waals surface area contributed by atoms with Crippen molar-refractivity contribution in [2.75, 3.05) is 0 Å². The summed E-state index contributed by atoms with van der Waals surface area (Å²) in [5, 5.41) is 0. The Morgan fingerprint density at radius 3 is 2.04 bits per heavy atom. The van der Waals surface area contributed by atoms with Crippen molar-refractivity contribution in [1.29, 1.82) is 0 Å². The molecule has 0 heterocycles. The Balaban J connectivity index is 2.15. The second kappa shape index (κ2) is 8.23.